The number of rotatable bonds is 4. The average Bonchev–Trinajstić information content (AvgIpc) is 3.40. The molecule has 2 aliphatic rings. The summed E-state index contributed by atoms with van der Waals surface area (Å²) in [6.45, 7) is 1.50. The molecule has 2 atom stereocenters. The molecule has 0 spiro atoms. The van der Waals surface area contributed by atoms with E-state index in [2.05, 4.69) is 26.0 Å². The lowest BCUT2D eigenvalue weighted by atomic mass is 9.71. The molecule has 1 saturated heterocycles. The van der Waals surface area contributed by atoms with E-state index in [1.165, 1.54) is 13.1 Å². The van der Waals surface area contributed by atoms with Crippen molar-refractivity contribution in [3.63, 3.8) is 0 Å². The van der Waals surface area contributed by atoms with Crippen molar-refractivity contribution >= 4 is 23.4 Å². The van der Waals surface area contributed by atoms with Crippen molar-refractivity contribution in [3.05, 3.63) is 41.5 Å². The van der Waals surface area contributed by atoms with E-state index in [0.29, 0.717) is 12.1 Å². The van der Waals surface area contributed by atoms with Crippen LogP contribution in [-0.2, 0) is 19.9 Å². The van der Waals surface area contributed by atoms with Crippen LogP contribution in [-0.4, -0.2) is 56.5 Å². The number of carbonyl (C=O) groups excluding carboxylic acids is 3. The van der Waals surface area contributed by atoms with Crippen LogP contribution in [0.1, 0.15) is 31.9 Å². The van der Waals surface area contributed by atoms with E-state index in [-0.39, 0.29) is 24.3 Å². The molecule has 2 fully saturated rings. The largest absolute Gasteiger partial charge is 0.336 e. The molecule has 2 aromatic rings. The van der Waals surface area contributed by atoms with Gasteiger partial charge in [0.25, 0.3) is 5.92 Å². The molecule has 34 heavy (non-hydrogen) atoms. The Hall–Kier alpha value is -3.58. The van der Waals surface area contributed by atoms with Gasteiger partial charge in [-0.1, -0.05) is 5.21 Å². The van der Waals surface area contributed by atoms with Crippen LogP contribution in [0.4, 0.5) is 27.6 Å². The summed E-state index contributed by atoms with van der Waals surface area (Å²) in [5.41, 5.74) is -1.80. The molecule has 1 aliphatic heterocycles. The summed E-state index contributed by atoms with van der Waals surface area (Å²) in [7, 11) is 0. The quantitative estimate of drug-likeness (QED) is 0.346. The summed E-state index contributed by atoms with van der Waals surface area (Å²) in [4.78, 5) is 39.1. The second-order valence-electron chi connectivity index (χ2n) is 8.48. The van der Waals surface area contributed by atoms with Crippen molar-refractivity contribution in [2.24, 2.45) is 5.92 Å². The van der Waals surface area contributed by atoms with Crippen LogP contribution in [0, 0.1) is 23.4 Å². The predicted molar refractivity (Wildman–Crippen MR) is 105 cm³/mol. The van der Waals surface area contributed by atoms with Gasteiger partial charge >= 0.3 is 11.8 Å². The van der Waals surface area contributed by atoms with Crippen molar-refractivity contribution < 1.29 is 36.3 Å². The fourth-order valence-corrected chi connectivity index (χ4v) is 4.44. The third-order valence-electron chi connectivity index (χ3n) is 6.18. The lowest BCUT2D eigenvalue weighted by Gasteiger charge is -2.46. The van der Waals surface area contributed by atoms with Gasteiger partial charge < -0.3 is 15.5 Å². The van der Waals surface area contributed by atoms with E-state index in [1.807, 2.05) is 0 Å². The molecule has 1 aromatic carbocycles. The maximum absolute atomic E-state index is 13.6. The van der Waals surface area contributed by atoms with Crippen LogP contribution in [0.5, 0.6) is 0 Å². The number of aromatic amines is 1. The van der Waals surface area contributed by atoms with E-state index in [9.17, 15) is 36.3 Å². The first-order chi connectivity index (χ1) is 15.9. The highest BCUT2D eigenvalue weighted by Gasteiger charge is 2.60. The number of nitrogens with zero attached hydrogens (tertiary/aromatic N) is 3. The predicted octanol–water partition coefficient (Wildman–Crippen LogP) is 1.84. The van der Waals surface area contributed by atoms with Crippen molar-refractivity contribution in [1.82, 2.24) is 25.6 Å². The molecular formula is C20H19F5N6O3. The monoisotopic (exact) mass is 486 g/mol. The maximum Gasteiger partial charge on any atom is 0.312 e. The van der Waals surface area contributed by atoms with Crippen molar-refractivity contribution in [3.8, 4) is 0 Å². The van der Waals surface area contributed by atoms with Gasteiger partial charge in [0.15, 0.2) is 17.5 Å². The van der Waals surface area contributed by atoms with Gasteiger partial charge in [-0.25, -0.2) is 22.0 Å². The van der Waals surface area contributed by atoms with Crippen LogP contribution in [0.15, 0.2) is 18.3 Å². The lowest BCUT2D eigenvalue weighted by molar-refractivity contribution is -0.160. The van der Waals surface area contributed by atoms with Gasteiger partial charge in [0, 0.05) is 49.4 Å². The van der Waals surface area contributed by atoms with Gasteiger partial charge in [-0.2, -0.15) is 0 Å². The molecule has 0 bridgehead atoms. The molecule has 3 amide bonds. The summed E-state index contributed by atoms with van der Waals surface area (Å²) in [6.07, 6.45) is -0.126. The number of carbonyl (C=O) groups is 3. The zero-order valence-corrected chi connectivity index (χ0v) is 17.7. The molecule has 9 nitrogen and oxygen atoms in total. The first-order valence-corrected chi connectivity index (χ1v) is 10.3. The Balaban J connectivity index is 1.42. The second kappa shape index (κ2) is 8.33. The van der Waals surface area contributed by atoms with Gasteiger partial charge in [-0.15, -0.1) is 5.10 Å². The van der Waals surface area contributed by atoms with Crippen LogP contribution < -0.4 is 10.6 Å². The van der Waals surface area contributed by atoms with E-state index in [4.69, 9.17) is 0 Å². The smallest absolute Gasteiger partial charge is 0.312 e. The lowest BCUT2D eigenvalue weighted by Crippen LogP contribution is -2.62. The minimum Gasteiger partial charge on any atom is -0.336 e. The highest BCUT2D eigenvalue weighted by atomic mass is 19.3. The number of benzene rings is 1. The first-order valence-electron chi connectivity index (χ1n) is 10.3. The minimum absolute atomic E-state index is 0.00473. The third-order valence-corrected chi connectivity index (χ3v) is 6.18. The number of aromatic nitrogens is 3. The summed E-state index contributed by atoms with van der Waals surface area (Å²) in [6, 6.07) is 0.438. The van der Waals surface area contributed by atoms with Gasteiger partial charge in [-0.3, -0.25) is 19.5 Å². The fourth-order valence-electron chi connectivity index (χ4n) is 4.44. The molecule has 14 heteroatoms. The summed E-state index contributed by atoms with van der Waals surface area (Å²) in [5.74, 6) is -11.4. The topological polar surface area (TPSA) is 120 Å². The minimum atomic E-state index is -3.04. The Kier molecular flexibility index (Phi) is 5.77. The number of H-pyrrole nitrogens is 1. The third kappa shape index (κ3) is 4.19. The molecule has 0 unspecified atom stereocenters. The molecule has 182 valence electrons. The van der Waals surface area contributed by atoms with E-state index in [1.54, 1.807) is 0 Å². The van der Waals surface area contributed by atoms with Gasteiger partial charge in [-0.05, 0) is 13.3 Å². The molecule has 1 aromatic heterocycles. The van der Waals surface area contributed by atoms with Gasteiger partial charge in [0.1, 0.15) is 5.69 Å². The normalized spacial score (nSPS) is 22.7. The van der Waals surface area contributed by atoms with Crippen LogP contribution in [0.3, 0.4) is 0 Å². The van der Waals surface area contributed by atoms with Gasteiger partial charge in [0.05, 0.1) is 11.5 Å². The number of hydrogen-bond donors (Lipinski definition) is 3. The zero-order valence-electron chi connectivity index (χ0n) is 17.7. The zero-order chi connectivity index (χ0) is 24.8. The number of hydrogen-bond acceptors (Lipinski definition) is 5. The summed E-state index contributed by atoms with van der Waals surface area (Å²) in [5, 5.41) is 14.1. The highest BCUT2D eigenvalue weighted by Crippen LogP contribution is 2.51. The Morgan fingerprint density at radius 3 is 2.35 bits per heavy atom. The van der Waals surface area contributed by atoms with Crippen molar-refractivity contribution in [2.45, 2.75) is 43.7 Å². The number of anilines is 1. The van der Waals surface area contributed by atoms with E-state index >= 15 is 0 Å². The van der Waals surface area contributed by atoms with Crippen molar-refractivity contribution in [2.75, 3.05) is 11.9 Å². The SMILES string of the molecule is C[C@H]1[C@@H](C(=O)Nc2cc(F)c(F)c(F)c2)CCN1C(=O)C(=O)NC1(c2c[nH]nn2)CC(F)(F)C1. The molecule has 0 radical (unpaired) electrons. The van der Waals surface area contributed by atoms with Gasteiger partial charge in [0.2, 0.25) is 5.91 Å². The number of alkyl halides is 2. The van der Waals surface area contributed by atoms with E-state index in [0.717, 1.165) is 4.90 Å². The first kappa shape index (κ1) is 23.6. The molecule has 1 aliphatic carbocycles. The Morgan fingerprint density at radius 2 is 1.79 bits per heavy atom. The molecule has 3 N–H and O–H groups in total. The second-order valence-corrected chi connectivity index (χ2v) is 8.48. The van der Waals surface area contributed by atoms with E-state index < -0.39 is 71.4 Å². The van der Waals surface area contributed by atoms with Crippen LogP contribution in [0.2, 0.25) is 0 Å². The standard InChI is InChI=1S/C20H19F5N6O3/c1-9-11(16(32)27-10-4-12(21)15(23)13(22)5-10)2-3-31(9)18(34)17(33)28-19(7-20(24,25)8-19)14-6-26-30-29-14/h4-6,9,11H,2-3,7-8H2,1H3,(H,27,32)(H,28,33)(H,26,29,30)/t9-,11-/m0/s1. The average molecular weight is 486 g/mol. The van der Waals surface area contributed by atoms with Crippen LogP contribution in [0.25, 0.3) is 0 Å². The Bertz CT molecular complexity index is 1110. The maximum atomic E-state index is 13.6. The number of likely N-dealkylation sites (tertiary alicyclic amines) is 1. The molecule has 2 heterocycles. The fraction of sp³-hybridized carbons (Fsp3) is 0.450. The molecular weight excluding hydrogens is 467 g/mol. The Morgan fingerprint density at radius 1 is 1.15 bits per heavy atom. The summed E-state index contributed by atoms with van der Waals surface area (Å²) < 4.78 is 67.1. The van der Waals surface area contributed by atoms with Crippen molar-refractivity contribution in [1.29, 1.82) is 0 Å². The number of nitrogens with one attached hydrogen (secondary N) is 3. The molecule has 1 saturated carbocycles. The Labute approximate surface area is 189 Å². The number of halogens is 5. The molecule has 4 rings (SSSR count). The summed E-state index contributed by atoms with van der Waals surface area (Å²) >= 11 is 0. The number of amides is 3. The van der Waals surface area contributed by atoms with Crippen LogP contribution >= 0.6 is 0 Å². The highest BCUT2D eigenvalue weighted by molar-refractivity contribution is 6.35.